The van der Waals surface area contributed by atoms with Crippen molar-refractivity contribution in [3.63, 3.8) is 0 Å². The first kappa shape index (κ1) is 31.2. The number of fused-ring (bicyclic) bond motifs is 1. The standard InChI is InChI=1S/C36H42N6O4/c1-25-26(2)42(14-7-13-40-18-16-39(3)17-19-40)32-11-10-30(23-31(25)32)46-29-9-6-8-27(20-29)36(43)38-28-21-33(44-4)35(34(22-28)45-5)41-15-12-37-24-41/h6,8-12,15,20-24H,7,13-14,16-19H2,1-5H3,(H,38,43). The Bertz CT molecular complexity index is 1800. The van der Waals surface area contributed by atoms with Gasteiger partial charge in [-0.2, -0.15) is 0 Å². The van der Waals surface area contributed by atoms with Gasteiger partial charge in [-0.05, 0) is 75.8 Å². The number of anilines is 1. The fourth-order valence-electron chi connectivity index (χ4n) is 6.16. The van der Waals surface area contributed by atoms with Crippen LogP contribution in [0.25, 0.3) is 16.6 Å². The van der Waals surface area contributed by atoms with E-state index in [2.05, 4.69) is 57.7 Å². The van der Waals surface area contributed by atoms with Crippen LogP contribution < -0.4 is 19.5 Å². The van der Waals surface area contributed by atoms with Gasteiger partial charge < -0.3 is 33.9 Å². The van der Waals surface area contributed by atoms with E-state index in [9.17, 15) is 4.79 Å². The van der Waals surface area contributed by atoms with Crippen LogP contribution in [-0.2, 0) is 6.54 Å². The van der Waals surface area contributed by atoms with Crippen molar-refractivity contribution in [2.75, 3.05) is 59.3 Å². The minimum Gasteiger partial charge on any atom is -0.494 e. The molecule has 1 aliphatic rings. The lowest BCUT2D eigenvalue weighted by Gasteiger charge is -2.32. The van der Waals surface area contributed by atoms with Gasteiger partial charge in [0.2, 0.25) is 0 Å². The molecule has 0 bridgehead atoms. The van der Waals surface area contributed by atoms with Crippen molar-refractivity contribution >= 4 is 22.5 Å². The summed E-state index contributed by atoms with van der Waals surface area (Å²) < 4.78 is 21.7. The number of amides is 1. The lowest BCUT2D eigenvalue weighted by Crippen LogP contribution is -2.44. The summed E-state index contributed by atoms with van der Waals surface area (Å²) in [4.78, 5) is 22.4. The van der Waals surface area contributed by atoms with E-state index in [4.69, 9.17) is 14.2 Å². The molecule has 0 spiro atoms. The zero-order chi connectivity index (χ0) is 32.2. The summed E-state index contributed by atoms with van der Waals surface area (Å²) in [6, 6.07) is 16.9. The number of aryl methyl sites for hydroxylation is 2. The van der Waals surface area contributed by atoms with Crippen molar-refractivity contribution in [3.8, 4) is 28.7 Å². The second kappa shape index (κ2) is 13.7. The molecule has 0 saturated carbocycles. The average molecular weight is 623 g/mol. The Hall–Kier alpha value is -4.80. The van der Waals surface area contributed by atoms with E-state index in [1.54, 1.807) is 61.8 Å². The number of hydrogen-bond donors (Lipinski definition) is 1. The Balaban J connectivity index is 1.15. The molecule has 46 heavy (non-hydrogen) atoms. The Labute approximate surface area is 270 Å². The zero-order valence-corrected chi connectivity index (χ0v) is 27.2. The van der Waals surface area contributed by atoms with Crippen LogP contribution in [0.3, 0.4) is 0 Å². The third kappa shape index (κ3) is 6.59. The van der Waals surface area contributed by atoms with Crippen LogP contribution in [-0.4, -0.2) is 83.8 Å². The molecule has 5 aromatic rings. The highest BCUT2D eigenvalue weighted by molar-refractivity contribution is 6.05. The molecule has 1 aliphatic heterocycles. The van der Waals surface area contributed by atoms with Gasteiger partial charge in [-0.15, -0.1) is 0 Å². The molecule has 240 valence electrons. The van der Waals surface area contributed by atoms with Crippen molar-refractivity contribution in [1.82, 2.24) is 23.9 Å². The maximum Gasteiger partial charge on any atom is 0.255 e. The van der Waals surface area contributed by atoms with Crippen LogP contribution in [0.15, 0.2) is 73.3 Å². The van der Waals surface area contributed by atoms with Gasteiger partial charge in [-0.1, -0.05) is 6.07 Å². The minimum absolute atomic E-state index is 0.277. The molecule has 1 N–H and O–H groups in total. The number of piperazine rings is 1. The predicted octanol–water partition coefficient (Wildman–Crippen LogP) is 6.14. The molecule has 0 aliphatic carbocycles. The molecule has 10 heteroatoms. The van der Waals surface area contributed by atoms with Gasteiger partial charge in [0.25, 0.3) is 5.91 Å². The van der Waals surface area contributed by atoms with Crippen LogP contribution in [0.5, 0.6) is 23.0 Å². The molecule has 3 heterocycles. The van der Waals surface area contributed by atoms with Gasteiger partial charge in [-0.25, -0.2) is 4.98 Å². The number of methoxy groups -OCH3 is 2. The molecular weight excluding hydrogens is 580 g/mol. The Kier molecular flexibility index (Phi) is 9.28. The first-order valence-corrected chi connectivity index (χ1v) is 15.7. The number of carbonyl (C=O) groups excluding carboxylic acids is 1. The van der Waals surface area contributed by atoms with Crippen molar-refractivity contribution in [1.29, 1.82) is 0 Å². The number of nitrogens with one attached hydrogen (secondary N) is 1. The van der Waals surface area contributed by atoms with Crippen LogP contribution in [0.2, 0.25) is 0 Å². The molecule has 10 nitrogen and oxygen atoms in total. The second-order valence-corrected chi connectivity index (χ2v) is 11.8. The molecule has 1 amide bonds. The Morgan fingerprint density at radius 1 is 0.913 bits per heavy atom. The molecule has 0 radical (unpaired) electrons. The highest BCUT2D eigenvalue weighted by Gasteiger charge is 2.18. The van der Waals surface area contributed by atoms with Gasteiger partial charge in [0.1, 0.15) is 28.7 Å². The van der Waals surface area contributed by atoms with Gasteiger partial charge in [-0.3, -0.25) is 9.36 Å². The normalized spacial score (nSPS) is 14.0. The van der Waals surface area contributed by atoms with E-state index < -0.39 is 0 Å². The molecular formula is C36H42N6O4. The number of aromatic nitrogens is 3. The summed E-state index contributed by atoms with van der Waals surface area (Å²) in [6.45, 7) is 11.1. The lowest BCUT2D eigenvalue weighted by molar-refractivity contribution is 0.102. The van der Waals surface area contributed by atoms with E-state index in [1.807, 2.05) is 18.2 Å². The zero-order valence-electron chi connectivity index (χ0n) is 27.2. The number of imidazole rings is 1. The van der Waals surface area contributed by atoms with E-state index in [-0.39, 0.29) is 5.91 Å². The third-order valence-corrected chi connectivity index (χ3v) is 8.89. The highest BCUT2D eigenvalue weighted by Crippen LogP contribution is 2.36. The van der Waals surface area contributed by atoms with Crippen LogP contribution in [0.4, 0.5) is 5.69 Å². The molecule has 1 saturated heterocycles. The van der Waals surface area contributed by atoms with Crippen LogP contribution >= 0.6 is 0 Å². The number of benzene rings is 3. The van der Waals surface area contributed by atoms with E-state index >= 15 is 0 Å². The number of ether oxygens (including phenoxy) is 3. The van der Waals surface area contributed by atoms with Crippen molar-refractivity contribution in [2.24, 2.45) is 0 Å². The summed E-state index contributed by atoms with van der Waals surface area (Å²) in [7, 11) is 5.35. The topological polar surface area (TPSA) is 86.0 Å². The quantitative estimate of drug-likeness (QED) is 0.189. The molecule has 2 aromatic heterocycles. The Morgan fingerprint density at radius 2 is 1.65 bits per heavy atom. The summed E-state index contributed by atoms with van der Waals surface area (Å²) in [5.41, 5.74) is 5.47. The fourth-order valence-corrected chi connectivity index (χ4v) is 6.16. The Morgan fingerprint density at radius 3 is 2.35 bits per heavy atom. The van der Waals surface area contributed by atoms with Crippen molar-refractivity contribution < 1.29 is 19.0 Å². The summed E-state index contributed by atoms with van der Waals surface area (Å²) in [6.07, 6.45) is 6.26. The van der Waals surface area contributed by atoms with Crippen molar-refractivity contribution in [2.45, 2.75) is 26.8 Å². The molecule has 6 rings (SSSR count). The van der Waals surface area contributed by atoms with Gasteiger partial charge >= 0.3 is 0 Å². The van der Waals surface area contributed by atoms with Crippen LogP contribution in [0, 0.1) is 13.8 Å². The number of rotatable bonds is 11. The number of carbonyl (C=O) groups is 1. The molecule has 1 fully saturated rings. The number of likely N-dealkylation sites (N-methyl/N-ethyl adjacent to an activating group) is 1. The monoisotopic (exact) mass is 622 g/mol. The maximum absolute atomic E-state index is 13.3. The first-order chi connectivity index (χ1) is 22.3. The average Bonchev–Trinajstić information content (AvgIpc) is 3.68. The van der Waals surface area contributed by atoms with E-state index in [0.717, 1.165) is 51.4 Å². The van der Waals surface area contributed by atoms with Gasteiger partial charge in [0.15, 0.2) is 0 Å². The molecule has 0 unspecified atom stereocenters. The number of hydrogen-bond acceptors (Lipinski definition) is 7. The smallest absolute Gasteiger partial charge is 0.255 e. The largest absolute Gasteiger partial charge is 0.494 e. The third-order valence-electron chi connectivity index (χ3n) is 8.89. The SMILES string of the molecule is COc1cc(NC(=O)c2cccc(Oc3ccc4c(c3)c(C)c(C)n4CCCN3CCN(C)CC3)c2)cc(OC)c1-n1ccnc1. The summed E-state index contributed by atoms with van der Waals surface area (Å²) in [5.74, 6) is 2.11. The lowest BCUT2D eigenvalue weighted by atomic mass is 10.1. The fraction of sp³-hybridized carbons (Fsp3) is 0.333. The van der Waals surface area contributed by atoms with E-state index in [1.165, 1.54) is 22.2 Å². The maximum atomic E-state index is 13.3. The van der Waals surface area contributed by atoms with Crippen molar-refractivity contribution in [3.05, 3.63) is 90.1 Å². The molecule has 0 atom stereocenters. The number of nitrogens with zero attached hydrogens (tertiary/aromatic N) is 5. The first-order valence-electron chi connectivity index (χ1n) is 15.7. The summed E-state index contributed by atoms with van der Waals surface area (Å²) in [5, 5.41) is 4.15. The second-order valence-electron chi connectivity index (χ2n) is 11.8. The minimum atomic E-state index is -0.277. The van der Waals surface area contributed by atoms with Gasteiger partial charge in [0, 0.05) is 85.1 Å². The highest BCUT2D eigenvalue weighted by atomic mass is 16.5. The van der Waals surface area contributed by atoms with Crippen LogP contribution in [0.1, 0.15) is 28.0 Å². The summed E-state index contributed by atoms with van der Waals surface area (Å²) >= 11 is 0. The van der Waals surface area contributed by atoms with E-state index in [0.29, 0.717) is 34.2 Å². The van der Waals surface area contributed by atoms with Gasteiger partial charge in [0.05, 0.1) is 20.5 Å². The predicted molar refractivity (Wildman–Crippen MR) is 181 cm³/mol. The molecule has 3 aromatic carbocycles.